The normalized spacial score (nSPS) is 10.7. The predicted molar refractivity (Wildman–Crippen MR) is 107 cm³/mol. The van der Waals surface area contributed by atoms with Crippen LogP contribution >= 0.6 is 0 Å². The summed E-state index contributed by atoms with van der Waals surface area (Å²) in [5.74, 6) is 1.45. The Morgan fingerprint density at radius 1 is 0.963 bits per heavy atom. The Kier molecular flexibility index (Phi) is 5.77. The van der Waals surface area contributed by atoms with E-state index < -0.39 is 20.0 Å². The Bertz CT molecular complexity index is 957. The van der Waals surface area contributed by atoms with Crippen LogP contribution in [-0.2, 0) is 0 Å². The number of hydrogen-bond acceptors (Lipinski definition) is 3. The van der Waals surface area contributed by atoms with E-state index in [2.05, 4.69) is 31.1 Å². The van der Waals surface area contributed by atoms with Crippen LogP contribution < -0.4 is 4.74 Å². The first-order chi connectivity index (χ1) is 12.5. The third kappa shape index (κ3) is 4.99. The van der Waals surface area contributed by atoms with Crippen LogP contribution in [0.5, 0.6) is 11.5 Å². The van der Waals surface area contributed by atoms with Gasteiger partial charge >= 0.3 is 11.9 Å². The maximum absolute atomic E-state index is 11.6. The van der Waals surface area contributed by atoms with E-state index in [9.17, 15) is 19.8 Å². The van der Waals surface area contributed by atoms with E-state index in [4.69, 9.17) is 4.74 Å². The Morgan fingerprint density at radius 2 is 1.56 bits per heavy atom. The summed E-state index contributed by atoms with van der Waals surface area (Å²) in [7, 11) is -1.47. The summed E-state index contributed by atoms with van der Waals surface area (Å²) in [5.41, 5.74) is 4.59. The van der Waals surface area contributed by atoms with Crippen molar-refractivity contribution < 1.29 is 24.5 Å². The number of ether oxygens (including phenoxy) is 1. The van der Waals surface area contributed by atoms with Crippen molar-refractivity contribution in [3.05, 3.63) is 58.1 Å². The van der Waals surface area contributed by atoms with E-state index in [1.54, 1.807) is 19.1 Å². The largest absolute Gasteiger partial charge is 0.478 e. The Hall–Kier alpha value is -3.04. The molecule has 0 radical (unpaired) electrons. The molecule has 6 heteroatoms. The second kappa shape index (κ2) is 7.68. The molecule has 0 spiro atoms. The van der Waals surface area contributed by atoms with Crippen LogP contribution in [0.25, 0.3) is 0 Å². The van der Waals surface area contributed by atoms with Crippen molar-refractivity contribution in [2.45, 2.75) is 33.5 Å². The van der Waals surface area contributed by atoms with Crippen LogP contribution in [0.3, 0.4) is 0 Å². The lowest BCUT2D eigenvalue weighted by Gasteiger charge is -2.15. The van der Waals surface area contributed by atoms with Crippen LogP contribution in [0.4, 0.5) is 0 Å². The maximum atomic E-state index is 11.6. The topological polar surface area (TPSA) is 83.8 Å². The summed E-state index contributed by atoms with van der Waals surface area (Å²) in [6.45, 7) is 9.58. The van der Waals surface area contributed by atoms with Crippen molar-refractivity contribution in [1.29, 1.82) is 0 Å². The van der Waals surface area contributed by atoms with Crippen molar-refractivity contribution in [1.82, 2.24) is 0 Å². The molecule has 0 fully saturated rings. The highest BCUT2D eigenvalue weighted by atomic mass is 28.3. The quantitative estimate of drug-likeness (QED) is 0.590. The molecule has 2 aromatic rings. The van der Waals surface area contributed by atoms with Crippen molar-refractivity contribution in [2.75, 3.05) is 0 Å². The first kappa shape index (κ1) is 20.3. The van der Waals surface area contributed by atoms with Gasteiger partial charge in [-0.25, -0.2) is 9.59 Å². The minimum atomic E-state index is -1.47. The van der Waals surface area contributed by atoms with Crippen molar-refractivity contribution in [3.63, 3.8) is 0 Å². The predicted octanol–water partition coefficient (Wildman–Crippen LogP) is 4.72. The third-order valence-electron chi connectivity index (χ3n) is 3.91. The smallest absolute Gasteiger partial charge is 0.336 e. The molecular formula is C21H22O5Si. The van der Waals surface area contributed by atoms with Crippen LogP contribution in [0.1, 0.15) is 37.4 Å². The number of rotatable bonds is 4. The zero-order valence-corrected chi connectivity index (χ0v) is 17.0. The minimum Gasteiger partial charge on any atom is -0.478 e. The molecule has 0 aromatic heterocycles. The van der Waals surface area contributed by atoms with Crippen molar-refractivity contribution in [3.8, 4) is 23.0 Å². The summed E-state index contributed by atoms with van der Waals surface area (Å²) in [4.78, 5) is 23.0. The number of carbonyl (C=O) groups is 2. The molecule has 0 aliphatic rings. The van der Waals surface area contributed by atoms with Gasteiger partial charge in [0, 0.05) is 11.1 Å². The first-order valence-corrected chi connectivity index (χ1v) is 11.9. The van der Waals surface area contributed by atoms with Gasteiger partial charge in [-0.1, -0.05) is 25.6 Å². The Balaban J connectivity index is 2.41. The summed E-state index contributed by atoms with van der Waals surface area (Å²) < 4.78 is 5.78. The van der Waals surface area contributed by atoms with Crippen LogP contribution in [-0.4, -0.2) is 30.2 Å². The molecular weight excluding hydrogens is 360 g/mol. The SMILES string of the molecule is Cc1c(Oc2ccc(C#C[Si](C)(C)C)cc2)cc(C(=O)O)c(C)c1C(=O)O. The lowest BCUT2D eigenvalue weighted by atomic mass is 9.96. The van der Waals surface area contributed by atoms with Gasteiger partial charge in [0.1, 0.15) is 19.6 Å². The standard InChI is InChI=1S/C21H22O5Si/c1-13-17(20(22)23)12-18(14(2)19(13)21(24)25)26-16-8-6-15(7-9-16)10-11-27(3,4)5/h6-9,12H,1-5H3,(H,22,23)(H,24,25). The molecule has 2 N–H and O–H groups in total. The highest BCUT2D eigenvalue weighted by molar-refractivity contribution is 6.83. The third-order valence-corrected chi connectivity index (χ3v) is 4.78. The summed E-state index contributed by atoms with van der Waals surface area (Å²) >= 11 is 0. The molecule has 0 saturated heterocycles. The maximum Gasteiger partial charge on any atom is 0.336 e. The van der Waals surface area contributed by atoms with E-state index >= 15 is 0 Å². The van der Waals surface area contributed by atoms with Gasteiger partial charge in [0.2, 0.25) is 0 Å². The molecule has 0 aliphatic heterocycles. The molecule has 0 unspecified atom stereocenters. The van der Waals surface area contributed by atoms with E-state index in [0.717, 1.165) is 5.56 Å². The molecule has 27 heavy (non-hydrogen) atoms. The molecule has 2 rings (SSSR count). The van der Waals surface area contributed by atoms with Gasteiger partial charge in [0.05, 0.1) is 11.1 Å². The van der Waals surface area contributed by atoms with Gasteiger partial charge in [-0.3, -0.25) is 0 Å². The van der Waals surface area contributed by atoms with E-state index in [0.29, 0.717) is 11.3 Å². The van der Waals surface area contributed by atoms with E-state index in [1.807, 2.05) is 12.1 Å². The van der Waals surface area contributed by atoms with Gasteiger partial charge in [0.15, 0.2) is 0 Å². The van der Waals surface area contributed by atoms with Crippen LogP contribution in [0, 0.1) is 25.3 Å². The fourth-order valence-electron chi connectivity index (χ4n) is 2.53. The monoisotopic (exact) mass is 382 g/mol. The zero-order chi connectivity index (χ0) is 20.4. The number of hydrogen-bond donors (Lipinski definition) is 2. The van der Waals surface area contributed by atoms with Crippen molar-refractivity contribution in [2.24, 2.45) is 0 Å². The molecule has 0 bridgehead atoms. The average Bonchev–Trinajstić information content (AvgIpc) is 2.55. The molecule has 5 nitrogen and oxygen atoms in total. The molecule has 0 saturated carbocycles. The lowest BCUT2D eigenvalue weighted by Crippen LogP contribution is -2.16. The summed E-state index contributed by atoms with van der Waals surface area (Å²) in [6, 6.07) is 8.46. The zero-order valence-electron chi connectivity index (χ0n) is 16.0. The number of aromatic carboxylic acids is 2. The number of carboxylic acid groups (broad SMARTS) is 2. The fourth-order valence-corrected chi connectivity index (χ4v) is 3.05. The van der Waals surface area contributed by atoms with Crippen LogP contribution in [0.2, 0.25) is 19.6 Å². The lowest BCUT2D eigenvalue weighted by molar-refractivity contribution is 0.0695. The summed E-state index contributed by atoms with van der Waals surface area (Å²) in [6.07, 6.45) is 0. The first-order valence-electron chi connectivity index (χ1n) is 8.41. The molecule has 2 aromatic carbocycles. The van der Waals surface area contributed by atoms with Gasteiger partial charge < -0.3 is 14.9 Å². The number of carboxylic acids is 2. The molecule has 0 aliphatic carbocycles. The van der Waals surface area contributed by atoms with Gasteiger partial charge in [-0.05, 0) is 49.7 Å². The van der Waals surface area contributed by atoms with Gasteiger partial charge in [-0.2, -0.15) is 0 Å². The van der Waals surface area contributed by atoms with Gasteiger partial charge in [-0.15, -0.1) is 5.54 Å². The highest BCUT2D eigenvalue weighted by Crippen LogP contribution is 2.32. The molecule has 0 amide bonds. The van der Waals surface area contributed by atoms with Gasteiger partial charge in [0.25, 0.3) is 0 Å². The molecule has 0 atom stereocenters. The van der Waals surface area contributed by atoms with E-state index in [1.165, 1.54) is 13.0 Å². The second-order valence-electron chi connectivity index (χ2n) is 7.28. The minimum absolute atomic E-state index is 0.0532. The Labute approximate surface area is 159 Å². The van der Waals surface area contributed by atoms with E-state index in [-0.39, 0.29) is 22.4 Å². The average molecular weight is 382 g/mol. The fraction of sp³-hybridized carbons (Fsp3) is 0.238. The number of benzene rings is 2. The van der Waals surface area contributed by atoms with Crippen LogP contribution in [0.15, 0.2) is 30.3 Å². The molecule has 0 heterocycles. The summed E-state index contributed by atoms with van der Waals surface area (Å²) in [5, 5.41) is 18.8. The Morgan fingerprint density at radius 3 is 2.04 bits per heavy atom. The second-order valence-corrected chi connectivity index (χ2v) is 12.0. The highest BCUT2D eigenvalue weighted by Gasteiger charge is 2.22. The molecule has 140 valence electrons. The van der Waals surface area contributed by atoms with Crippen molar-refractivity contribution >= 4 is 20.0 Å².